The van der Waals surface area contributed by atoms with Crippen molar-refractivity contribution in [2.45, 2.75) is 20.4 Å². The average Bonchev–Trinajstić information content (AvgIpc) is 3.41. The van der Waals surface area contributed by atoms with Crippen LogP contribution in [0.1, 0.15) is 18.2 Å². The van der Waals surface area contributed by atoms with Gasteiger partial charge in [0.2, 0.25) is 5.82 Å². The second kappa shape index (κ2) is 7.85. The van der Waals surface area contributed by atoms with Crippen LogP contribution in [0.3, 0.4) is 0 Å². The highest BCUT2D eigenvalue weighted by atomic mass is 16.3. The summed E-state index contributed by atoms with van der Waals surface area (Å²) in [5, 5.41) is 7.22. The number of furan rings is 1. The van der Waals surface area contributed by atoms with E-state index in [0.29, 0.717) is 22.5 Å². The lowest BCUT2D eigenvalue weighted by atomic mass is 10.1. The van der Waals surface area contributed by atoms with Crippen LogP contribution in [-0.2, 0) is 6.54 Å². The van der Waals surface area contributed by atoms with Gasteiger partial charge in [0.1, 0.15) is 5.58 Å². The zero-order chi connectivity index (χ0) is 23.2. The molecule has 0 atom stereocenters. The molecule has 0 spiro atoms. The lowest BCUT2D eigenvalue weighted by Gasteiger charge is -2.07. The molecule has 3 aromatic heterocycles. The van der Waals surface area contributed by atoms with Gasteiger partial charge in [0, 0.05) is 34.1 Å². The molecule has 34 heavy (non-hydrogen) atoms. The monoisotopic (exact) mass is 446 g/mol. The van der Waals surface area contributed by atoms with E-state index < -0.39 is 0 Å². The van der Waals surface area contributed by atoms with E-state index in [-0.39, 0.29) is 5.56 Å². The molecule has 0 saturated carbocycles. The van der Waals surface area contributed by atoms with Crippen molar-refractivity contribution in [3.63, 3.8) is 0 Å². The zero-order valence-corrected chi connectivity index (χ0v) is 18.9. The van der Waals surface area contributed by atoms with Gasteiger partial charge >= 0.3 is 0 Å². The summed E-state index contributed by atoms with van der Waals surface area (Å²) in [5.41, 5.74) is 4.32. The molecular weight excluding hydrogens is 424 g/mol. The van der Waals surface area contributed by atoms with Crippen LogP contribution in [0.15, 0.2) is 93.2 Å². The van der Waals surface area contributed by atoms with Crippen molar-refractivity contribution in [3.05, 3.63) is 100 Å². The number of rotatable bonds is 4. The number of aromatic nitrogens is 3. The van der Waals surface area contributed by atoms with Crippen LogP contribution >= 0.6 is 0 Å². The first kappa shape index (κ1) is 20.2. The Morgan fingerprint density at radius 2 is 1.71 bits per heavy atom. The van der Waals surface area contributed by atoms with E-state index in [1.165, 1.54) is 4.68 Å². The zero-order valence-electron chi connectivity index (χ0n) is 18.9. The van der Waals surface area contributed by atoms with Crippen molar-refractivity contribution in [3.8, 4) is 11.6 Å². The highest BCUT2D eigenvalue weighted by Gasteiger charge is 2.17. The molecular formula is C28H22N4O2. The fourth-order valence-electron chi connectivity index (χ4n) is 4.63. The third kappa shape index (κ3) is 3.07. The first-order valence-electron chi connectivity index (χ1n) is 11.3. The molecule has 0 bridgehead atoms. The maximum absolute atomic E-state index is 13.5. The molecule has 0 N–H and O–H groups in total. The van der Waals surface area contributed by atoms with Gasteiger partial charge in [-0.15, -0.1) is 0 Å². The molecule has 0 radical (unpaired) electrons. The maximum Gasteiger partial charge on any atom is 0.282 e. The molecule has 0 fully saturated rings. The van der Waals surface area contributed by atoms with Crippen molar-refractivity contribution in [1.29, 1.82) is 0 Å². The molecule has 3 heterocycles. The fraction of sp³-hybridized carbons (Fsp3) is 0.107. The van der Waals surface area contributed by atoms with E-state index in [9.17, 15) is 4.79 Å². The number of fused-ring (bicyclic) bond motifs is 3. The summed E-state index contributed by atoms with van der Waals surface area (Å²) in [6.07, 6.45) is 1.76. The molecule has 0 aliphatic heterocycles. The van der Waals surface area contributed by atoms with Crippen LogP contribution in [-0.4, -0.2) is 20.4 Å². The van der Waals surface area contributed by atoms with Crippen LogP contribution in [0.2, 0.25) is 0 Å². The first-order valence-corrected chi connectivity index (χ1v) is 11.3. The lowest BCUT2D eigenvalue weighted by Crippen LogP contribution is -2.20. The molecule has 0 amide bonds. The van der Waals surface area contributed by atoms with Crippen LogP contribution < -0.4 is 5.56 Å². The summed E-state index contributed by atoms with van der Waals surface area (Å²) in [5.74, 6) is 0.863. The largest absolute Gasteiger partial charge is 0.453 e. The van der Waals surface area contributed by atoms with Crippen molar-refractivity contribution in [2.24, 2.45) is 5.10 Å². The van der Waals surface area contributed by atoms with Gasteiger partial charge in [-0.05, 0) is 44.2 Å². The molecule has 6 rings (SSSR count). The summed E-state index contributed by atoms with van der Waals surface area (Å²) in [6, 6.07) is 25.2. The molecule has 0 aliphatic rings. The van der Waals surface area contributed by atoms with Crippen molar-refractivity contribution in [2.75, 3.05) is 0 Å². The van der Waals surface area contributed by atoms with Gasteiger partial charge in [-0.25, -0.2) is 4.98 Å². The highest BCUT2D eigenvalue weighted by molar-refractivity contribution is 6.01. The minimum absolute atomic E-state index is 0.241. The van der Waals surface area contributed by atoms with Crippen LogP contribution in [0.25, 0.3) is 44.4 Å². The highest BCUT2D eigenvalue weighted by Crippen LogP contribution is 2.28. The number of para-hydroxylation sites is 3. The summed E-state index contributed by atoms with van der Waals surface area (Å²) >= 11 is 0. The Kier molecular flexibility index (Phi) is 4.66. The van der Waals surface area contributed by atoms with E-state index in [1.807, 2.05) is 60.7 Å². The van der Waals surface area contributed by atoms with Crippen molar-refractivity contribution < 1.29 is 4.42 Å². The third-order valence-corrected chi connectivity index (χ3v) is 6.30. The summed E-state index contributed by atoms with van der Waals surface area (Å²) in [6.45, 7) is 5.05. The van der Waals surface area contributed by atoms with E-state index in [4.69, 9.17) is 9.40 Å². The predicted molar refractivity (Wildman–Crippen MR) is 137 cm³/mol. The number of hydrogen-bond donors (Lipinski definition) is 0. The maximum atomic E-state index is 13.5. The minimum Gasteiger partial charge on any atom is -0.453 e. The Bertz CT molecular complexity index is 1750. The van der Waals surface area contributed by atoms with Crippen molar-refractivity contribution in [1.82, 2.24) is 14.2 Å². The van der Waals surface area contributed by atoms with Crippen LogP contribution in [0.4, 0.5) is 0 Å². The predicted octanol–water partition coefficient (Wildman–Crippen LogP) is 5.97. The second-order valence-corrected chi connectivity index (χ2v) is 8.22. The Morgan fingerprint density at radius 3 is 2.53 bits per heavy atom. The van der Waals surface area contributed by atoms with Gasteiger partial charge in [0.25, 0.3) is 5.56 Å². The van der Waals surface area contributed by atoms with Gasteiger partial charge < -0.3 is 8.98 Å². The molecule has 0 aliphatic carbocycles. The average molecular weight is 447 g/mol. The third-order valence-electron chi connectivity index (χ3n) is 6.30. The number of benzene rings is 3. The van der Waals surface area contributed by atoms with Gasteiger partial charge in [-0.1, -0.05) is 48.5 Å². The molecule has 0 saturated heterocycles. The van der Waals surface area contributed by atoms with E-state index >= 15 is 0 Å². The Hall–Kier alpha value is -4.45. The molecule has 166 valence electrons. The quantitative estimate of drug-likeness (QED) is 0.313. The summed E-state index contributed by atoms with van der Waals surface area (Å²) in [7, 11) is 0. The minimum atomic E-state index is -0.241. The summed E-state index contributed by atoms with van der Waals surface area (Å²) < 4.78 is 9.66. The number of nitrogens with zero attached hydrogens (tertiary/aromatic N) is 4. The van der Waals surface area contributed by atoms with Gasteiger partial charge in [-0.2, -0.15) is 9.78 Å². The van der Waals surface area contributed by atoms with Gasteiger partial charge in [0.15, 0.2) is 5.76 Å². The van der Waals surface area contributed by atoms with Crippen LogP contribution in [0.5, 0.6) is 0 Å². The number of aryl methyl sites for hydroxylation is 1. The van der Waals surface area contributed by atoms with E-state index in [0.717, 1.165) is 39.7 Å². The molecule has 6 nitrogen and oxygen atoms in total. The van der Waals surface area contributed by atoms with Crippen LogP contribution in [0, 0.1) is 6.92 Å². The Morgan fingerprint density at radius 1 is 0.971 bits per heavy atom. The molecule has 6 heteroatoms. The fourth-order valence-corrected chi connectivity index (χ4v) is 4.63. The molecule has 3 aromatic carbocycles. The SMILES string of the molecule is CCn1c(C)c(C=Nn2c(-c3cc4ccccc4o3)nc3ccccc3c2=O)c2ccccc21. The number of hydrogen-bond acceptors (Lipinski definition) is 4. The van der Waals surface area contributed by atoms with Gasteiger partial charge in [-0.3, -0.25) is 4.79 Å². The molecule has 6 aromatic rings. The van der Waals surface area contributed by atoms with E-state index in [1.54, 1.807) is 12.3 Å². The summed E-state index contributed by atoms with van der Waals surface area (Å²) in [4.78, 5) is 18.3. The van der Waals surface area contributed by atoms with Crippen molar-refractivity contribution >= 4 is 39.0 Å². The lowest BCUT2D eigenvalue weighted by molar-refractivity contribution is 0.616. The Balaban J connectivity index is 1.60. The molecule has 0 unspecified atom stereocenters. The normalized spacial score (nSPS) is 11.9. The topological polar surface area (TPSA) is 65.3 Å². The second-order valence-electron chi connectivity index (χ2n) is 8.22. The Labute approximate surface area is 195 Å². The van der Waals surface area contributed by atoms with E-state index in [2.05, 4.69) is 35.6 Å². The first-order chi connectivity index (χ1) is 16.7. The standard InChI is InChI=1S/C28H22N4O2/c1-3-31-18(2)22(20-11-6-8-14-24(20)31)17-29-32-27(26-16-19-10-4-9-15-25(19)34-26)30-23-13-7-5-12-21(23)28(32)33/h4-17H,3H2,1-2H3. The van der Waals surface area contributed by atoms with Gasteiger partial charge in [0.05, 0.1) is 17.1 Å². The smallest absolute Gasteiger partial charge is 0.282 e.